The van der Waals surface area contributed by atoms with Crippen LogP contribution in [0, 0.1) is 0 Å². The van der Waals surface area contributed by atoms with Crippen LogP contribution in [0.5, 0.6) is 0 Å². The highest BCUT2D eigenvalue weighted by atomic mass is 16.5. The minimum Gasteiger partial charge on any atom is -0.465 e. The Kier molecular flexibility index (Phi) is 6.12. The highest BCUT2D eigenvalue weighted by Gasteiger charge is 2.21. The molecule has 3 rings (SSSR count). The predicted molar refractivity (Wildman–Crippen MR) is 103 cm³/mol. The van der Waals surface area contributed by atoms with Crippen LogP contribution in [0.3, 0.4) is 0 Å². The summed E-state index contributed by atoms with van der Waals surface area (Å²) < 4.78 is 11.0. The van der Waals surface area contributed by atoms with Crippen molar-refractivity contribution in [2.24, 2.45) is 0 Å². The van der Waals surface area contributed by atoms with Crippen molar-refractivity contribution in [3.05, 3.63) is 60.1 Å². The van der Waals surface area contributed by atoms with Crippen LogP contribution < -0.4 is 4.90 Å². The fourth-order valence-corrected chi connectivity index (χ4v) is 3.03. The highest BCUT2D eigenvalue weighted by molar-refractivity contribution is 5.91. The van der Waals surface area contributed by atoms with Crippen LogP contribution in [0.25, 0.3) is 6.08 Å². The Labute approximate surface area is 154 Å². The second-order valence-corrected chi connectivity index (χ2v) is 6.76. The molecule has 1 aromatic carbocycles. The Bertz CT molecular complexity index is 714. The Morgan fingerprint density at radius 3 is 2.65 bits per heavy atom. The standard InChI is InChI=1S/C21H26N2O3/c1-22(2)18-9-7-17(8-10-18)15-23(16-20-6-4-14-26-20)21(24)12-11-19-5-3-13-25-19/h3,5,7-13,20H,4,6,14-16H2,1-2H3/b12-11+. The number of hydrogen-bond acceptors (Lipinski definition) is 4. The molecule has 26 heavy (non-hydrogen) atoms. The summed E-state index contributed by atoms with van der Waals surface area (Å²) in [6.45, 7) is 1.96. The average molecular weight is 354 g/mol. The molecule has 1 atom stereocenters. The molecule has 138 valence electrons. The monoisotopic (exact) mass is 354 g/mol. The van der Waals surface area contributed by atoms with E-state index in [0.717, 1.165) is 30.7 Å². The van der Waals surface area contributed by atoms with E-state index in [4.69, 9.17) is 9.15 Å². The van der Waals surface area contributed by atoms with Crippen LogP contribution >= 0.6 is 0 Å². The molecule has 1 aliphatic heterocycles. The van der Waals surface area contributed by atoms with Crippen LogP contribution in [-0.2, 0) is 16.1 Å². The van der Waals surface area contributed by atoms with E-state index in [1.165, 1.54) is 0 Å². The molecule has 2 aromatic rings. The maximum Gasteiger partial charge on any atom is 0.247 e. The lowest BCUT2D eigenvalue weighted by Crippen LogP contribution is -2.35. The number of anilines is 1. The molecule has 0 N–H and O–H groups in total. The van der Waals surface area contributed by atoms with Gasteiger partial charge in [-0.1, -0.05) is 12.1 Å². The summed E-state index contributed by atoms with van der Waals surface area (Å²) in [5, 5.41) is 0. The van der Waals surface area contributed by atoms with Crippen molar-refractivity contribution in [2.75, 3.05) is 32.1 Å². The summed E-state index contributed by atoms with van der Waals surface area (Å²) >= 11 is 0. The molecule has 5 nitrogen and oxygen atoms in total. The lowest BCUT2D eigenvalue weighted by Gasteiger charge is -2.25. The fraction of sp³-hybridized carbons (Fsp3) is 0.381. The third-order valence-corrected chi connectivity index (χ3v) is 4.52. The number of carbonyl (C=O) groups is 1. The zero-order chi connectivity index (χ0) is 18.4. The number of furan rings is 1. The lowest BCUT2D eigenvalue weighted by atomic mass is 10.1. The molecule has 0 saturated carbocycles. The number of amides is 1. The van der Waals surface area contributed by atoms with Crippen molar-refractivity contribution < 1.29 is 13.9 Å². The van der Waals surface area contributed by atoms with Gasteiger partial charge in [0.05, 0.1) is 12.4 Å². The number of ether oxygens (including phenoxy) is 1. The van der Waals surface area contributed by atoms with Gasteiger partial charge in [-0.25, -0.2) is 0 Å². The average Bonchev–Trinajstić information content (AvgIpc) is 3.33. The molecule has 0 spiro atoms. The number of hydrogen-bond donors (Lipinski definition) is 0. The quantitative estimate of drug-likeness (QED) is 0.713. The largest absolute Gasteiger partial charge is 0.465 e. The summed E-state index contributed by atoms with van der Waals surface area (Å²) in [6.07, 6.45) is 7.07. The van der Waals surface area contributed by atoms with Gasteiger partial charge in [-0.2, -0.15) is 0 Å². The number of benzene rings is 1. The molecule has 1 amide bonds. The fourth-order valence-electron chi connectivity index (χ4n) is 3.03. The summed E-state index contributed by atoms with van der Waals surface area (Å²) in [6, 6.07) is 11.9. The zero-order valence-electron chi connectivity index (χ0n) is 15.4. The van der Waals surface area contributed by atoms with Gasteiger partial charge in [0.2, 0.25) is 5.91 Å². The first-order valence-corrected chi connectivity index (χ1v) is 9.00. The van der Waals surface area contributed by atoms with E-state index in [1.807, 2.05) is 25.1 Å². The van der Waals surface area contributed by atoms with E-state index in [-0.39, 0.29) is 12.0 Å². The molecular formula is C21H26N2O3. The molecular weight excluding hydrogens is 328 g/mol. The molecule has 1 saturated heterocycles. The maximum absolute atomic E-state index is 12.7. The number of carbonyl (C=O) groups excluding carboxylic acids is 1. The van der Waals surface area contributed by atoms with Gasteiger partial charge >= 0.3 is 0 Å². The first-order chi connectivity index (χ1) is 12.6. The minimum atomic E-state index is -0.0337. The smallest absolute Gasteiger partial charge is 0.247 e. The normalized spacial score (nSPS) is 16.9. The first kappa shape index (κ1) is 18.3. The predicted octanol–water partition coefficient (Wildman–Crippen LogP) is 3.57. The van der Waals surface area contributed by atoms with Crippen LogP contribution in [-0.4, -0.2) is 44.2 Å². The van der Waals surface area contributed by atoms with Crippen LogP contribution in [0.15, 0.2) is 53.2 Å². The van der Waals surface area contributed by atoms with Gasteiger partial charge in [-0.3, -0.25) is 4.79 Å². The van der Waals surface area contributed by atoms with Gasteiger partial charge < -0.3 is 19.0 Å². The van der Waals surface area contributed by atoms with Crippen molar-refractivity contribution >= 4 is 17.7 Å². The number of nitrogens with zero attached hydrogens (tertiary/aromatic N) is 2. The lowest BCUT2D eigenvalue weighted by molar-refractivity contribution is -0.128. The Morgan fingerprint density at radius 2 is 2.04 bits per heavy atom. The van der Waals surface area contributed by atoms with Crippen LogP contribution in [0.4, 0.5) is 5.69 Å². The number of rotatable bonds is 7. The van der Waals surface area contributed by atoms with E-state index in [1.54, 1.807) is 24.5 Å². The highest BCUT2D eigenvalue weighted by Crippen LogP contribution is 2.18. The van der Waals surface area contributed by atoms with Crippen molar-refractivity contribution in [2.45, 2.75) is 25.5 Å². The maximum atomic E-state index is 12.7. The third-order valence-electron chi connectivity index (χ3n) is 4.52. The Balaban J connectivity index is 1.70. The molecule has 1 aromatic heterocycles. The first-order valence-electron chi connectivity index (χ1n) is 9.00. The third kappa shape index (κ3) is 4.99. The van der Waals surface area contributed by atoms with Crippen molar-refractivity contribution in [1.82, 2.24) is 4.90 Å². The van der Waals surface area contributed by atoms with Gasteiger partial charge in [0, 0.05) is 45.6 Å². The van der Waals surface area contributed by atoms with Crippen LogP contribution in [0.1, 0.15) is 24.2 Å². The van der Waals surface area contributed by atoms with Gasteiger partial charge in [0.1, 0.15) is 5.76 Å². The van der Waals surface area contributed by atoms with Crippen molar-refractivity contribution in [3.63, 3.8) is 0 Å². The zero-order valence-corrected chi connectivity index (χ0v) is 15.4. The molecule has 5 heteroatoms. The van der Waals surface area contributed by atoms with E-state index < -0.39 is 0 Å². The van der Waals surface area contributed by atoms with Gasteiger partial charge in [-0.05, 0) is 48.7 Å². The minimum absolute atomic E-state index is 0.0337. The molecule has 0 aliphatic carbocycles. The van der Waals surface area contributed by atoms with Crippen LogP contribution in [0.2, 0.25) is 0 Å². The Morgan fingerprint density at radius 1 is 1.23 bits per heavy atom. The van der Waals surface area contributed by atoms with Gasteiger partial charge in [-0.15, -0.1) is 0 Å². The Hall–Kier alpha value is -2.53. The van der Waals surface area contributed by atoms with E-state index in [9.17, 15) is 4.79 Å². The van der Waals surface area contributed by atoms with Gasteiger partial charge in [0.15, 0.2) is 0 Å². The second kappa shape index (κ2) is 8.72. The molecule has 0 radical (unpaired) electrons. The van der Waals surface area contributed by atoms with E-state index in [2.05, 4.69) is 29.2 Å². The second-order valence-electron chi connectivity index (χ2n) is 6.76. The molecule has 0 bridgehead atoms. The molecule has 1 aliphatic rings. The van der Waals surface area contributed by atoms with E-state index in [0.29, 0.717) is 18.8 Å². The SMILES string of the molecule is CN(C)c1ccc(CN(CC2CCCO2)C(=O)/C=C/c2ccco2)cc1. The summed E-state index contributed by atoms with van der Waals surface area (Å²) in [5.74, 6) is 0.638. The molecule has 1 unspecified atom stereocenters. The molecule has 1 fully saturated rings. The van der Waals surface area contributed by atoms with E-state index >= 15 is 0 Å². The van der Waals surface area contributed by atoms with Gasteiger partial charge in [0.25, 0.3) is 0 Å². The molecule has 2 heterocycles. The summed E-state index contributed by atoms with van der Waals surface area (Å²) in [7, 11) is 4.03. The van der Waals surface area contributed by atoms with Crippen molar-refractivity contribution in [3.8, 4) is 0 Å². The summed E-state index contributed by atoms with van der Waals surface area (Å²) in [4.78, 5) is 16.6. The summed E-state index contributed by atoms with van der Waals surface area (Å²) in [5.41, 5.74) is 2.25. The topological polar surface area (TPSA) is 45.9 Å². The van der Waals surface area contributed by atoms with Crippen molar-refractivity contribution in [1.29, 1.82) is 0 Å².